The number of aromatic nitrogens is 4. The van der Waals surface area contributed by atoms with E-state index in [1.54, 1.807) is 11.8 Å². The van der Waals surface area contributed by atoms with Crippen molar-refractivity contribution in [1.29, 1.82) is 0 Å². The van der Waals surface area contributed by atoms with Gasteiger partial charge in [0.2, 0.25) is 0 Å². The van der Waals surface area contributed by atoms with Crippen LogP contribution in [0.2, 0.25) is 0 Å². The molecule has 3 heterocycles. The van der Waals surface area contributed by atoms with Gasteiger partial charge in [0.05, 0.1) is 22.9 Å². The largest absolute Gasteiger partial charge is 0.457 e. The average Bonchev–Trinajstić information content (AvgIpc) is 3.68. The van der Waals surface area contributed by atoms with Crippen molar-refractivity contribution in [1.82, 2.24) is 19.3 Å². The van der Waals surface area contributed by atoms with Crippen molar-refractivity contribution in [3.8, 4) is 34.1 Å². The van der Waals surface area contributed by atoms with Gasteiger partial charge in [-0.1, -0.05) is 68.7 Å². The minimum absolute atomic E-state index is 0.757. The summed E-state index contributed by atoms with van der Waals surface area (Å²) in [5.74, 6) is 2.42. The highest BCUT2D eigenvalue weighted by molar-refractivity contribution is 7.98. The summed E-state index contributed by atoms with van der Waals surface area (Å²) in [5, 5.41) is 7.16. The molecule has 7 aromatic rings. The first-order valence-corrected chi connectivity index (χ1v) is 17.3. The molecule has 0 aliphatic rings. The Balaban J connectivity index is 1.24. The molecule has 0 amide bonds. The van der Waals surface area contributed by atoms with Gasteiger partial charge in [0, 0.05) is 45.8 Å². The number of hydrogen-bond donors (Lipinski definition) is 0. The van der Waals surface area contributed by atoms with Crippen LogP contribution in [0, 0.1) is 6.92 Å². The van der Waals surface area contributed by atoms with E-state index in [0.717, 1.165) is 70.7 Å². The van der Waals surface area contributed by atoms with E-state index in [1.807, 2.05) is 41.3 Å². The maximum absolute atomic E-state index is 6.51. The Morgan fingerprint density at radius 1 is 0.761 bits per heavy atom. The molecule has 0 aliphatic heterocycles. The Bertz CT molecular complexity index is 2150. The van der Waals surface area contributed by atoms with E-state index in [4.69, 9.17) is 14.8 Å². The molecule has 46 heavy (non-hydrogen) atoms. The van der Waals surface area contributed by atoms with Gasteiger partial charge in [0.15, 0.2) is 0 Å². The van der Waals surface area contributed by atoms with Crippen molar-refractivity contribution >= 4 is 33.6 Å². The molecule has 0 saturated heterocycles. The summed E-state index contributed by atoms with van der Waals surface area (Å²) in [4.78, 5) is 5.92. The van der Waals surface area contributed by atoms with Crippen molar-refractivity contribution in [2.45, 2.75) is 51.3 Å². The summed E-state index contributed by atoms with van der Waals surface area (Å²) < 4.78 is 10.7. The lowest BCUT2D eigenvalue weighted by molar-refractivity contribution is 0.483. The molecule has 0 bridgehead atoms. The molecule has 0 aliphatic carbocycles. The fourth-order valence-corrected chi connectivity index (χ4v) is 6.99. The van der Waals surface area contributed by atoms with Gasteiger partial charge in [-0.2, -0.15) is 5.10 Å². The number of hydrogen-bond acceptors (Lipinski definition) is 4. The minimum atomic E-state index is 0.757. The summed E-state index contributed by atoms with van der Waals surface area (Å²) in [6.45, 7) is 6.70. The second kappa shape index (κ2) is 12.9. The number of thioether (sulfide) groups is 1. The minimum Gasteiger partial charge on any atom is -0.457 e. The normalized spacial score (nSPS) is 11.5. The van der Waals surface area contributed by atoms with Gasteiger partial charge >= 0.3 is 0 Å². The summed E-state index contributed by atoms with van der Waals surface area (Å²) >= 11 is 1.72. The van der Waals surface area contributed by atoms with Gasteiger partial charge in [-0.25, -0.2) is 9.67 Å². The summed E-state index contributed by atoms with van der Waals surface area (Å²) in [6.07, 6.45) is 12.5. The van der Waals surface area contributed by atoms with E-state index < -0.39 is 0 Å². The predicted molar refractivity (Wildman–Crippen MR) is 192 cm³/mol. The van der Waals surface area contributed by atoms with E-state index in [9.17, 15) is 0 Å². The second-order valence-electron chi connectivity index (χ2n) is 11.8. The zero-order valence-corrected chi connectivity index (χ0v) is 27.6. The molecular formula is C40H38N4OS. The van der Waals surface area contributed by atoms with Crippen molar-refractivity contribution in [3.05, 3.63) is 126 Å². The van der Waals surface area contributed by atoms with Crippen LogP contribution < -0.4 is 4.74 Å². The number of benzene rings is 4. The monoisotopic (exact) mass is 622 g/mol. The van der Waals surface area contributed by atoms with Gasteiger partial charge in [-0.3, -0.25) is 4.57 Å². The van der Waals surface area contributed by atoms with E-state index in [1.165, 1.54) is 32.5 Å². The third kappa shape index (κ3) is 5.69. The number of aryl methyl sites for hydroxylation is 3. The van der Waals surface area contributed by atoms with Crippen LogP contribution in [-0.4, -0.2) is 25.6 Å². The molecule has 4 aromatic carbocycles. The van der Waals surface area contributed by atoms with Gasteiger partial charge in [-0.05, 0) is 85.2 Å². The molecule has 6 heteroatoms. The summed E-state index contributed by atoms with van der Waals surface area (Å²) in [5.41, 5.74) is 9.78. The van der Waals surface area contributed by atoms with Crippen molar-refractivity contribution in [2.75, 3.05) is 6.26 Å². The number of fused-ring (bicyclic) bond motifs is 3. The first-order valence-electron chi connectivity index (χ1n) is 16.1. The highest BCUT2D eigenvalue weighted by Gasteiger charge is 2.16. The van der Waals surface area contributed by atoms with Crippen molar-refractivity contribution in [2.24, 2.45) is 0 Å². The number of nitrogens with zero attached hydrogens (tertiary/aromatic N) is 4. The third-order valence-electron chi connectivity index (χ3n) is 8.50. The number of rotatable bonds is 10. The van der Waals surface area contributed by atoms with Gasteiger partial charge in [0.25, 0.3) is 0 Å². The van der Waals surface area contributed by atoms with Crippen LogP contribution in [0.4, 0.5) is 0 Å². The summed E-state index contributed by atoms with van der Waals surface area (Å²) in [7, 11) is 0. The van der Waals surface area contributed by atoms with Crippen LogP contribution in [0.3, 0.4) is 0 Å². The molecule has 230 valence electrons. The van der Waals surface area contributed by atoms with E-state index in [2.05, 4.69) is 105 Å². The molecule has 0 spiro atoms. The van der Waals surface area contributed by atoms with Crippen LogP contribution in [-0.2, 0) is 12.8 Å². The van der Waals surface area contributed by atoms with Gasteiger partial charge in [-0.15, -0.1) is 11.8 Å². The first-order chi connectivity index (χ1) is 22.6. The lowest BCUT2D eigenvalue weighted by Gasteiger charge is -2.15. The van der Waals surface area contributed by atoms with E-state index in [0.29, 0.717) is 0 Å². The standard InChI is InChI=1S/C40H38N4OS/c1-5-10-28-20-27(3)21-29(11-6-2)40(28)30-25-42-43(26-30)31-12-9-13-32(22-31)45-33-16-17-36-35-14-7-8-15-37(35)44(38(36)23-33)39-24-34(46-4)18-19-41-39/h7-9,12-26H,5-6,10-11H2,1-4H3. The predicted octanol–water partition coefficient (Wildman–Crippen LogP) is 10.8. The van der Waals surface area contributed by atoms with E-state index >= 15 is 0 Å². The quantitative estimate of drug-likeness (QED) is 0.142. The molecule has 0 radical (unpaired) electrons. The van der Waals surface area contributed by atoms with E-state index in [-0.39, 0.29) is 0 Å². The van der Waals surface area contributed by atoms with Crippen molar-refractivity contribution in [3.63, 3.8) is 0 Å². The van der Waals surface area contributed by atoms with Crippen molar-refractivity contribution < 1.29 is 4.74 Å². The Hall–Kier alpha value is -4.81. The third-order valence-corrected chi connectivity index (χ3v) is 9.23. The number of ether oxygens (including phenoxy) is 1. The second-order valence-corrected chi connectivity index (χ2v) is 12.7. The van der Waals surface area contributed by atoms with Crippen LogP contribution in [0.15, 0.2) is 114 Å². The topological polar surface area (TPSA) is 44.9 Å². The molecule has 7 rings (SSSR count). The highest BCUT2D eigenvalue weighted by Crippen LogP contribution is 2.36. The van der Waals surface area contributed by atoms with Gasteiger partial charge < -0.3 is 4.74 Å². The van der Waals surface area contributed by atoms with Crippen LogP contribution in [0.1, 0.15) is 43.4 Å². The molecule has 5 nitrogen and oxygen atoms in total. The Kier molecular flexibility index (Phi) is 8.37. The lowest BCUT2D eigenvalue weighted by atomic mass is 9.90. The fraction of sp³-hybridized carbons (Fsp3) is 0.200. The number of para-hydroxylation sites is 1. The molecule has 3 aromatic heterocycles. The smallest absolute Gasteiger partial charge is 0.138 e. The Morgan fingerprint density at radius 3 is 2.30 bits per heavy atom. The molecule has 0 atom stereocenters. The van der Waals surface area contributed by atoms with Crippen LogP contribution in [0.25, 0.3) is 44.4 Å². The zero-order chi connectivity index (χ0) is 31.6. The molecule has 0 unspecified atom stereocenters. The maximum Gasteiger partial charge on any atom is 0.138 e. The fourth-order valence-electron chi connectivity index (χ4n) is 6.57. The summed E-state index contributed by atoms with van der Waals surface area (Å²) in [6, 6.07) is 31.8. The van der Waals surface area contributed by atoms with Crippen LogP contribution in [0.5, 0.6) is 11.5 Å². The maximum atomic E-state index is 6.51. The van der Waals surface area contributed by atoms with Gasteiger partial charge in [0.1, 0.15) is 17.3 Å². The molecule has 0 fully saturated rings. The molecule has 0 N–H and O–H groups in total. The average molecular weight is 623 g/mol. The first kappa shape index (κ1) is 29.9. The van der Waals surface area contributed by atoms with Crippen LogP contribution >= 0.6 is 11.8 Å². The highest BCUT2D eigenvalue weighted by atomic mass is 32.2. The Morgan fingerprint density at radius 2 is 1.52 bits per heavy atom. The lowest BCUT2D eigenvalue weighted by Crippen LogP contribution is -1.98. The zero-order valence-electron chi connectivity index (χ0n) is 26.8. The molecule has 0 saturated carbocycles. The molecular weight excluding hydrogens is 585 g/mol. The number of pyridine rings is 1. The SMILES string of the molecule is CCCc1cc(C)cc(CCC)c1-c1cnn(-c2cccc(Oc3ccc4c5ccccc5n(-c5cc(SC)ccn5)c4c3)c2)c1. The Labute approximate surface area is 274 Å².